The van der Waals surface area contributed by atoms with E-state index in [4.69, 9.17) is 0 Å². The number of fused-ring (bicyclic) bond motifs is 7. The van der Waals surface area contributed by atoms with Gasteiger partial charge in [-0.1, -0.05) is 46.3 Å². The van der Waals surface area contributed by atoms with E-state index < -0.39 is 17.5 Å². The van der Waals surface area contributed by atoms with Gasteiger partial charge in [0.2, 0.25) is 0 Å². The molecule has 0 aromatic carbocycles. The molecule has 0 radical (unpaired) electrons. The van der Waals surface area contributed by atoms with Crippen molar-refractivity contribution in [1.82, 2.24) is 5.32 Å². The van der Waals surface area contributed by atoms with E-state index in [9.17, 15) is 24.9 Å². The number of β-amino-alcohol motifs (C(OH)–C–C–N with tert-alkyl or cyclic N) is 1. The van der Waals surface area contributed by atoms with Crippen molar-refractivity contribution in [2.75, 3.05) is 6.54 Å². The summed E-state index contributed by atoms with van der Waals surface area (Å²) in [5, 5.41) is 33.2. The van der Waals surface area contributed by atoms with Crippen LogP contribution < -0.4 is 5.32 Å². The molecule has 0 aromatic heterocycles. The second-order valence-corrected chi connectivity index (χ2v) is 16.5. The average molecular weight is 582 g/mol. The Balaban J connectivity index is 1.24. The van der Waals surface area contributed by atoms with Gasteiger partial charge in [-0.15, -0.1) is 0 Å². The molecule has 0 bridgehead atoms. The Bertz CT molecular complexity index is 1190. The van der Waals surface area contributed by atoms with E-state index in [1.807, 2.05) is 0 Å². The number of nitrogens with one attached hydrogen (secondary N) is 1. The molecule has 4 N–H and O–H groups in total. The lowest BCUT2D eigenvalue weighted by atomic mass is 9.34. The first-order valence-electron chi connectivity index (χ1n) is 17.0. The van der Waals surface area contributed by atoms with Crippen LogP contribution in [0.3, 0.4) is 0 Å². The van der Waals surface area contributed by atoms with E-state index in [-0.39, 0.29) is 34.2 Å². The molecule has 6 aliphatic carbocycles. The number of rotatable bonds is 6. The standard InChI is InChI=1S/C36H55NO5/c1-22-25(23-8-10-24(11-9-23)30(38)39)14-17-32(2)26(22)15-18-34(4)29(32)13-12-27-28-7-6-16-36(28,20-19-33(27,34)3)37-21-35(5,42)31(40)41/h8,14,22,24,26-29,37,42H,6-7,9-13,15-21H2,1-5H3,(H,38,39)(H,40,41)/t22?,24?,26?,27?,28-,29?,32?,33-,34?,35?,36+/m1/s1. The zero-order chi connectivity index (χ0) is 30.3. The molecule has 0 amide bonds. The molecule has 11 atom stereocenters. The lowest BCUT2D eigenvalue weighted by Crippen LogP contribution is -2.67. The van der Waals surface area contributed by atoms with E-state index in [1.54, 1.807) is 0 Å². The number of hydrogen-bond donors (Lipinski definition) is 4. The zero-order valence-corrected chi connectivity index (χ0v) is 26.7. The Hall–Kier alpha value is -1.66. The largest absolute Gasteiger partial charge is 0.481 e. The molecule has 0 heterocycles. The fraction of sp³-hybridized carbons (Fsp3) is 0.833. The van der Waals surface area contributed by atoms with Gasteiger partial charge in [-0.3, -0.25) is 4.79 Å². The summed E-state index contributed by atoms with van der Waals surface area (Å²) in [6.45, 7) is 11.9. The summed E-state index contributed by atoms with van der Waals surface area (Å²) in [6.07, 6.45) is 19.1. The Morgan fingerprint density at radius 1 is 0.929 bits per heavy atom. The van der Waals surface area contributed by atoms with Gasteiger partial charge in [0, 0.05) is 12.1 Å². The predicted octanol–water partition coefficient (Wildman–Crippen LogP) is 6.98. The van der Waals surface area contributed by atoms with Gasteiger partial charge in [-0.25, -0.2) is 4.79 Å². The normalized spacial score (nSPS) is 48.0. The van der Waals surface area contributed by atoms with Crippen molar-refractivity contribution < 1.29 is 24.9 Å². The molecular formula is C36H55NO5. The monoisotopic (exact) mass is 581 g/mol. The lowest BCUT2D eigenvalue weighted by molar-refractivity contribution is -0.213. The van der Waals surface area contributed by atoms with Gasteiger partial charge in [0.15, 0.2) is 5.60 Å². The van der Waals surface area contributed by atoms with E-state index in [0.717, 1.165) is 32.1 Å². The number of hydrogen-bond acceptors (Lipinski definition) is 4. The molecule has 6 aliphatic rings. The maximum Gasteiger partial charge on any atom is 0.336 e. The van der Waals surface area contributed by atoms with Gasteiger partial charge >= 0.3 is 11.9 Å². The van der Waals surface area contributed by atoms with Crippen molar-refractivity contribution in [3.63, 3.8) is 0 Å². The van der Waals surface area contributed by atoms with Crippen LogP contribution in [-0.2, 0) is 9.59 Å². The van der Waals surface area contributed by atoms with Gasteiger partial charge in [0.05, 0.1) is 5.92 Å². The summed E-state index contributed by atoms with van der Waals surface area (Å²) in [7, 11) is 0. The molecule has 42 heavy (non-hydrogen) atoms. The highest BCUT2D eigenvalue weighted by Crippen LogP contribution is 2.75. The molecule has 4 fully saturated rings. The van der Waals surface area contributed by atoms with Gasteiger partial charge in [0.1, 0.15) is 0 Å². The lowest BCUT2D eigenvalue weighted by Gasteiger charge is -2.71. The molecule has 0 saturated heterocycles. The number of allylic oxidation sites excluding steroid dienone is 4. The molecule has 6 nitrogen and oxygen atoms in total. The molecule has 0 aliphatic heterocycles. The van der Waals surface area contributed by atoms with E-state index in [0.29, 0.717) is 36.0 Å². The fourth-order valence-corrected chi connectivity index (χ4v) is 12.3. The molecule has 8 unspecified atom stereocenters. The number of aliphatic carboxylic acids is 2. The van der Waals surface area contributed by atoms with Crippen LogP contribution in [0.4, 0.5) is 0 Å². The minimum Gasteiger partial charge on any atom is -0.481 e. The minimum atomic E-state index is -1.74. The van der Waals surface area contributed by atoms with Gasteiger partial charge in [0.25, 0.3) is 0 Å². The number of aliphatic hydroxyl groups is 1. The van der Waals surface area contributed by atoms with Gasteiger partial charge in [-0.05, 0) is 141 Å². The Kier molecular flexibility index (Phi) is 7.37. The Morgan fingerprint density at radius 3 is 2.36 bits per heavy atom. The summed E-state index contributed by atoms with van der Waals surface area (Å²) >= 11 is 0. The van der Waals surface area contributed by atoms with Crippen LogP contribution in [0.2, 0.25) is 0 Å². The topological polar surface area (TPSA) is 107 Å². The van der Waals surface area contributed by atoms with Crippen molar-refractivity contribution in [2.24, 2.45) is 51.8 Å². The fourth-order valence-electron chi connectivity index (χ4n) is 12.3. The van der Waals surface area contributed by atoms with E-state index in [1.165, 1.54) is 63.0 Å². The number of carbonyl (C=O) groups is 2. The summed E-state index contributed by atoms with van der Waals surface area (Å²) in [6, 6.07) is 0. The highest BCUT2D eigenvalue weighted by molar-refractivity contribution is 5.76. The van der Waals surface area contributed by atoms with Gasteiger partial charge in [-0.2, -0.15) is 0 Å². The molecule has 0 aromatic rings. The summed E-state index contributed by atoms with van der Waals surface area (Å²) < 4.78 is 0. The molecule has 6 heteroatoms. The maximum absolute atomic E-state index is 11.7. The first kappa shape index (κ1) is 30.4. The van der Waals surface area contributed by atoms with Crippen LogP contribution in [0.1, 0.15) is 118 Å². The van der Waals surface area contributed by atoms with Crippen molar-refractivity contribution in [3.05, 3.63) is 23.3 Å². The third kappa shape index (κ3) is 4.31. The quantitative estimate of drug-likeness (QED) is 0.270. The van der Waals surface area contributed by atoms with E-state index in [2.05, 4.69) is 45.2 Å². The predicted molar refractivity (Wildman–Crippen MR) is 164 cm³/mol. The third-order valence-electron chi connectivity index (χ3n) is 14.9. The second-order valence-electron chi connectivity index (χ2n) is 16.5. The summed E-state index contributed by atoms with van der Waals surface area (Å²) in [5.41, 5.74) is 1.99. The van der Waals surface area contributed by atoms with Crippen LogP contribution in [0, 0.1) is 51.8 Å². The Morgan fingerprint density at radius 2 is 1.69 bits per heavy atom. The van der Waals surface area contributed by atoms with Crippen LogP contribution in [0.5, 0.6) is 0 Å². The number of carboxylic acid groups (broad SMARTS) is 2. The molecule has 234 valence electrons. The highest BCUT2D eigenvalue weighted by atomic mass is 16.4. The molecular weight excluding hydrogens is 526 g/mol. The average Bonchev–Trinajstić information content (AvgIpc) is 3.37. The van der Waals surface area contributed by atoms with E-state index >= 15 is 0 Å². The smallest absolute Gasteiger partial charge is 0.336 e. The molecule has 6 rings (SSSR count). The molecule has 4 saturated carbocycles. The maximum atomic E-state index is 11.7. The second kappa shape index (κ2) is 10.2. The Labute approximate surface area is 252 Å². The SMILES string of the molecule is CC1C(C2=CCC(C(=O)O)CC2)=CCC2(C)C1CCC1(C)C2CCC2[C@H]3CCC[C@]3(NCC(C)(O)C(=O)O)CC[C@]21C. The highest BCUT2D eigenvalue weighted by Gasteiger charge is 2.68. The van der Waals surface area contributed by atoms with Gasteiger partial charge < -0.3 is 20.6 Å². The van der Waals surface area contributed by atoms with Crippen molar-refractivity contribution >= 4 is 11.9 Å². The van der Waals surface area contributed by atoms with Crippen molar-refractivity contribution in [2.45, 2.75) is 129 Å². The summed E-state index contributed by atoms with van der Waals surface area (Å²) in [4.78, 5) is 23.2. The van der Waals surface area contributed by atoms with Crippen LogP contribution >= 0.6 is 0 Å². The first-order chi connectivity index (χ1) is 19.7. The van der Waals surface area contributed by atoms with Crippen molar-refractivity contribution in [1.29, 1.82) is 0 Å². The first-order valence-corrected chi connectivity index (χ1v) is 17.0. The summed E-state index contributed by atoms with van der Waals surface area (Å²) in [5.74, 6) is 1.04. The zero-order valence-electron chi connectivity index (χ0n) is 26.7. The number of carboxylic acids is 2. The van der Waals surface area contributed by atoms with Crippen molar-refractivity contribution in [3.8, 4) is 0 Å². The van der Waals surface area contributed by atoms with Crippen LogP contribution in [0.25, 0.3) is 0 Å². The third-order valence-corrected chi connectivity index (χ3v) is 14.9. The minimum absolute atomic E-state index is 0.0434. The van der Waals surface area contributed by atoms with Crippen LogP contribution in [-0.4, -0.2) is 44.9 Å². The van der Waals surface area contributed by atoms with Crippen LogP contribution in [0.15, 0.2) is 23.3 Å². The molecule has 0 spiro atoms.